The van der Waals surface area contributed by atoms with Gasteiger partial charge in [-0.2, -0.15) is 0 Å². The number of nitrogens with zero attached hydrogens (tertiary/aromatic N) is 4. The van der Waals surface area contributed by atoms with Gasteiger partial charge in [-0.15, -0.1) is 16.8 Å². The van der Waals surface area contributed by atoms with Crippen LogP contribution in [0.5, 0.6) is 0 Å². The highest BCUT2D eigenvalue weighted by atomic mass is 32.2. The quantitative estimate of drug-likeness (QED) is 0.402. The number of rotatable bonds is 7. The van der Waals surface area contributed by atoms with Crippen LogP contribution in [0.1, 0.15) is 34.3 Å². The molecule has 4 rings (SSSR count). The van der Waals surface area contributed by atoms with Crippen LogP contribution in [0, 0.1) is 6.92 Å². The number of likely N-dealkylation sites (tertiary alicyclic amines) is 1. The lowest BCUT2D eigenvalue weighted by Gasteiger charge is -2.15. The Morgan fingerprint density at radius 2 is 1.90 bits per heavy atom. The molecule has 0 radical (unpaired) electrons. The molecule has 1 amide bonds. The zero-order valence-electron chi connectivity index (χ0n) is 17.3. The van der Waals surface area contributed by atoms with Crippen LogP contribution in [0.4, 0.5) is 0 Å². The van der Waals surface area contributed by atoms with E-state index in [1.807, 2.05) is 29.2 Å². The maximum atomic E-state index is 12.7. The van der Waals surface area contributed by atoms with E-state index in [-0.39, 0.29) is 5.91 Å². The van der Waals surface area contributed by atoms with Crippen molar-refractivity contribution >= 4 is 17.7 Å². The van der Waals surface area contributed by atoms with Gasteiger partial charge in [-0.3, -0.25) is 9.36 Å². The number of carbonyl (C=O) groups excluding carboxylic acids is 1. The van der Waals surface area contributed by atoms with Crippen molar-refractivity contribution in [2.45, 2.75) is 37.2 Å². The summed E-state index contributed by atoms with van der Waals surface area (Å²) in [5, 5.41) is 9.70. The lowest BCUT2D eigenvalue weighted by atomic mass is 10.1. The Labute approximate surface area is 181 Å². The second-order valence-electron chi connectivity index (χ2n) is 7.56. The number of aromatic nitrogens is 3. The molecule has 0 N–H and O–H groups in total. The number of thioether (sulfide) groups is 1. The van der Waals surface area contributed by atoms with E-state index in [2.05, 4.69) is 58.6 Å². The van der Waals surface area contributed by atoms with Gasteiger partial charge in [-0.25, -0.2) is 0 Å². The maximum absolute atomic E-state index is 12.7. The van der Waals surface area contributed by atoms with Gasteiger partial charge in [0.1, 0.15) is 0 Å². The molecule has 2 aromatic carbocycles. The monoisotopic (exact) mass is 418 g/mol. The maximum Gasteiger partial charge on any atom is 0.253 e. The Balaban J connectivity index is 1.51. The van der Waals surface area contributed by atoms with E-state index in [1.165, 1.54) is 5.56 Å². The van der Waals surface area contributed by atoms with Crippen molar-refractivity contribution in [3.8, 4) is 11.4 Å². The molecule has 0 bridgehead atoms. The first-order valence-corrected chi connectivity index (χ1v) is 11.3. The number of allylic oxidation sites excluding steroid dienone is 1. The van der Waals surface area contributed by atoms with Gasteiger partial charge in [0.15, 0.2) is 11.0 Å². The number of carbonyl (C=O) groups is 1. The predicted molar refractivity (Wildman–Crippen MR) is 122 cm³/mol. The highest BCUT2D eigenvalue weighted by molar-refractivity contribution is 7.98. The fraction of sp³-hybridized carbons (Fsp3) is 0.292. The van der Waals surface area contributed by atoms with Crippen LogP contribution >= 0.6 is 11.8 Å². The Hall–Kier alpha value is -2.86. The van der Waals surface area contributed by atoms with E-state index in [0.29, 0.717) is 6.54 Å². The second kappa shape index (κ2) is 9.30. The minimum absolute atomic E-state index is 0.135. The van der Waals surface area contributed by atoms with Gasteiger partial charge in [-0.1, -0.05) is 59.8 Å². The molecule has 5 nitrogen and oxygen atoms in total. The molecule has 1 aliphatic rings. The van der Waals surface area contributed by atoms with Crippen molar-refractivity contribution in [3.63, 3.8) is 0 Å². The van der Waals surface area contributed by atoms with Crippen LogP contribution in [-0.4, -0.2) is 38.7 Å². The van der Waals surface area contributed by atoms with E-state index in [1.54, 1.807) is 11.8 Å². The topological polar surface area (TPSA) is 51.0 Å². The molecule has 0 spiro atoms. The first kappa shape index (κ1) is 20.4. The van der Waals surface area contributed by atoms with Crippen LogP contribution in [0.2, 0.25) is 0 Å². The lowest BCUT2D eigenvalue weighted by Crippen LogP contribution is -2.27. The molecule has 1 aliphatic heterocycles. The summed E-state index contributed by atoms with van der Waals surface area (Å²) >= 11 is 1.63. The van der Waals surface area contributed by atoms with Gasteiger partial charge in [0.25, 0.3) is 5.91 Å². The molecule has 0 atom stereocenters. The third-order valence-corrected chi connectivity index (χ3v) is 6.31. The average Bonchev–Trinajstić information content (AvgIpc) is 3.44. The summed E-state index contributed by atoms with van der Waals surface area (Å²) in [6.45, 7) is 8.33. The smallest absolute Gasteiger partial charge is 0.253 e. The normalized spacial score (nSPS) is 13.6. The number of amides is 1. The highest BCUT2D eigenvalue weighted by Crippen LogP contribution is 2.27. The van der Waals surface area contributed by atoms with E-state index in [4.69, 9.17) is 0 Å². The zero-order chi connectivity index (χ0) is 20.9. The molecule has 3 aromatic rings. The van der Waals surface area contributed by atoms with Crippen LogP contribution in [-0.2, 0) is 12.3 Å². The fourth-order valence-corrected chi connectivity index (χ4v) is 4.54. The zero-order valence-corrected chi connectivity index (χ0v) is 18.1. The number of hydrogen-bond donors (Lipinski definition) is 0. The molecule has 1 saturated heterocycles. The summed E-state index contributed by atoms with van der Waals surface area (Å²) in [6.07, 6.45) is 4.06. The van der Waals surface area contributed by atoms with Gasteiger partial charge in [-0.05, 0) is 37.5 Å². The lowest BCUT2D eigenvalue weighted by molar-refractivity contribution is 0.0792. The summed E-state index contributed by atoms with van der Waals surface area (Å²) in [6, 6.07) is 16.2. The van der Waals surface area contributed by atoms with E-state index in [0.717, 1.165) is 59.4 Å². The first-order chi connectivity index (χ1) is 14.7. The van der Waals surface area contributed by atoms with Gasteiger partial charge in [0.2, 0.25) is 0 Å². The van der Waals surface area contributed by atoms with Crippen LogP contribution in [0.3, 0.4) is 0 Å². The summed E-state index contributed by atoms with van der Waals surface area (Å²) in [7, 11) is 0. The molecule has 0 saturated carbocycles. The number of hydrogen-bond acceptors (Lipinski definition) is 4. The molecule has 2 heterocycles. The van der Waals surface area contributed by atoms with E-state index >= 15 is 0 Å². The third-order valence-electron chi connectivity index (χ3n) is 5.27. The molecular formula is C24H26N4OS. The van der Waals surface area contributed by atoms with E-state index in [9.17, 15) is 4.79 Å². The molecule has 6 heteroatoms. The minimum atomic E-state index is 0.135. The Morgan fingerprint density at radius 1 is 1.13 bits per heavy atom. The van der Waals surface area contributed by atoms with Gasteiger partial charge >= 0.3 is 0 Å². The third kappa shape index (κ3) is 4.49. The van der Waals surface area contributed by atoms with Crippen molar-refractivity contribution in [1.82, 2.24) is 19.7 Å². The summed E-state index contributed by atoms with van der Waals surface area (Å²) < 4.78 is 2.08. The van der Waals surface area contributed by atoms with Crippen molar-refractivity contribution in [2.75, 3.05) is 13.1 Å². The largest absolute Gasteiger partial charge is 0.339 e. The Morgan fingerprint density at radius 3 is 2.63 bits per heavy atom. The summed E-state index contributed by atoms with van der Waals surface area (Å²) in [4.78, 5) is 14.6. The van der Waals surface area contributed by atoms with Crippen molar-refractivity contribution in [1.29, 1.82) is 0 Å². The molecular weight excluding hydrogens is 392 g/mol. The van der Waals surface area contributed by atoms with Crippen molar-refractivity contribution in [3.05, 3.63) is 77.9 Å². The molecule has 0 aliphatic carbocycles. The molecule has 30 heavy (non-hydrogen) atoms. The Bertz CT molecular complexity index is 1040. The number of aryl methyl sites for hydroxylation is 1. The van der Waals surface area contributed by atoms with Crippen molar-refractivity contribution < 1.29 is 4.79 Å². The van der Waals surface area contributed by atoms with Crippen LogP contribution in [0.25, 0.3) is 11.4 Å². The second-order valence-corrected chi connectivity index (χ2v) is 8.50. The standard InChI is InChI=1S/C24H26N4OS/c1-3-13-28-22(20-11-9-18(2)10-12-20)25-26-24(28)30-17-19-7-6-8-21(16-19)23(29)27-14-4-5-15-27/h3,6-12,16H,1,4-5,13-15,17H2,2H3. The predicted octanol–water partition coefficient (Wildman–Crippen LogP) is 4.97. The van der Waals surface area contributed by atoms with Crippen LogP contribution < -0.4 is 0 Å². The molecule has 0 unspecified atom stereocenters. The average molecular weight is 419 g/mol. The molecule has 154 valence electrons. The molecule has 1 aromatic heterocycles. The summed E-state index contributed by atoms with van der Waals surface area (Å²) in [5.74, 6) is 1.70. The van der Waals surface area contributed by atoms with Crippen LogP contribution in [0.15, 0.2) is 66.3 Å². The molecule has 1 fully saturated rings. The summed E-state index contributed by atoms with van der Waals surface area (Å²) in [5.41, 5.74) is 4.13. The minimum Gasteiger partial charge on any atom is -0.339 e. The van der Waals surface area contributed by atoms with Crippen molar-refractivity contribution in [2.24, 2.45) is 0 Å². The first-order valence-electron chi connectivity index (χ1n) is 10.3. The van der Waals surface area contributed by atoms with E-state index < -0.39 is 0 Å². The fourth-order valence-electron chi connectivity index (χ4n) is 3.65. The van der Waals surface area contributed by atoms with Gasteiger partial charge in [0, 0.05) is 36.5 Å². The Kier molecular flexibility index (Phi) is 6.33. The van der Waals surface area contributed by atoms with Gasteiger partial charge in [0.05, 0.1) is 0 Å². The SMILES string of the molecule is C=CCn1c(SCc2cccc(C(=O)N3CCCC3)c2)nnc1-c1ccc(C)cc1. The number of benzene rings is 2. The highest BCUT2D eigenvalue weighted by Gasteiger charge is 2.20. The van der Waals surface area contributed by atoms with Gasteiger partial charge < -0.3 is 4.90 Å².